The van der Waals surface area contributed by atoms with Gasteiger partial charge < -0.3 is 23.8 Å². The number of methoxy groups -OCH3 is 1. The van der Waals surface area contributed by atoms with Crippen molar-refractivity contribution in [1.29, 1.82) is 0 Å². The third-order valence-corrected chi connectivity index (χ3v) is 9.31. The minimum atomic E-state index is -1.97. The Bertz CT molecular complexity index is 1480. The molecule has 42 heavy (non-hydrogen) atoms. The number of para-hydroxylation sites is 1. The van der Waals surface area contributed by atoms with Crippen LogP contribution >= 0.6 is 12.2 Å². The van der Waals surface area contributed by atoms with E-state index in [0.717, 1.165) is 42.6 Å². The van der Waals surface area contributed by atoms with Crippen LogP contribution in [0.3, 0.4) is 0 Å². The lowest BCUT2D eigenvalue weighted by Gasteiger charge is -2.62. The van der Waals surface area contributed by atoms with Crippen molar-refractivity contribution in [3.8, 4) is 11.5 Å². The molecule has 8 heteroatoms. The summed E-state index contributed by atoms with van der Waals surface area (Å²) in [5, 5.41) is -0.288. The van der Waals surface area contributed by atoms with Gasteiger partial charge in [-0.1, -0.05) is 61.0 Å². The number of benzene rings is 3. The summed E-state index contributed by atoms with van der Waals surface area (Å²) >= 11 is 5.51. The van der Waals surface area contributed by atoms with Gasteiger partial charge in [-0.05, 0) is 79.0 Å². The Balaban J connectivity index is 1.49. The first kappa shape index (κ1) is 28.2. The van der Waals surface area contributed by atoms with Crippen LogP contribution in [0.1, 0.15) is 49.3 Å². The first-order valence-electron chi connectivity index (χ1n) is 14.6. The van der Waals surface area contributed by atoms with Crippen LogP contribution in [0.2, 0.25) is 0 Å². The van der Waals surface area contributed by atoms with Gasteiger partial charge in [-0.25, -0.2) is 4.79 Å². The second-order valence-corrected chi connectivity index (χ2v) is 11.6. The molecule has 1 amide bonds. The van der Waals surface area contributed by atoms with Crippen molar-refractivity contribution < 1.29 is 28.5 Å². The second kappa shape index (κ2) is 11.4. The number of likely N-dealkylation sites (tertiary alicyclic amines) is 1. The van der Waals surface area contributed by atoms with Gasteiger partial charge in [-0.15, -0.1) is 0 Å². The van der Waals surface area contributed by atoms with Crippen LogP contribution in [-0.2, 0) is 37.6 Å². The molecule has 4 atom stereocenters. The van der Waals surface area contributed by atoms with Gasteiger partial charge in [0.05, 0.1) is 19.3 Å². The Kier molecular flexibility index (Phi) is 7.66. The van der Waals surface area contributed by atoms with E-state index in [0.29, 0.717) is 12.3 Å². The molecule has 3 aromatic rings. The predicted octanol–water partition coefficient (Wildman–Crippen LogP) is 5.98. The van der Waals surface area contributed by atoms with E-state index in [1.165, 1.54) is 5.56 Å². The molecule has 0 radical (unpaired) electrons. The Morgan fingerprint density at radius 3 is 2.48 bits per heavy atom. The number of ether oxygens (including phenoxy) is 4. The zero-order chi connectivity index (χ0) is 29.3. The predicted molar refractivity (Wildman–Crippen MR) is 161 cm³/mol. The SMILES string of the molecule is CCOC(=O)C1(OC(=S)Oc2ccccc2)C[C@@H]2C3CCCC2(c2ccc(OC)cc2C3)N(Cc2ccccc2)C1=O. The van der Waals surface area contributed by atoms with E-state index in [9.17, 15) is 9.59 Å². The summed E-state index contributed by atoms with van der Waals surface area (Å²) in [4.78, 5) is 30.8. The standard InChI is InChI=1S/C34H35NO6S/c1-3-39-31(37)34(41-32(42)40-26-14-8-5-9-15-26)21-29-24-13-10-18-33(29,28-17-16-27(38-2)20-25(28)19-24)35(30(34)36)22-23-11-6-4-7-12-23/h4-9,11-12,14-17,20,24,29H,3,10,13,18-19,21-22H2,1-2H3/t24?,29-,33?,34?/m1/s1. The Hall–Kier alpha value is -3.91. The molecule has 3 unspecified atom stereocenters. The summed E-state index contributed by atoms with van der Waals surface area (Å²) in [6.07, 6.45) is 3.74. The minimum Gasteiger partial charge on any atom is -0.497 e. The lowest BCUT2D eigenvalue weighted by molar-refractivity contribution is -0.202. The van der Waals surface area contributed by atoms with Crippen LogP contribution in [0.4, 0.5) is 0 Å². The smallest absolute Gasteiger partial charge is 0.360 e. The minimum absolute atomic E-state index is 0.0579. The number of piperidine rings is 1. The monoisotopic (exact) mass is 585 g/mol. The summed E-state index contributed by atoms with van der Waals surface area (Å²) in [6, 6.07) is 25.0. The van der Waals surface area contributed by atoms with Gasteiger partial charge in [0.25, 0.3) is 11.5 Å². The highest BCUT2D eigenvalue weighted by atomic mass is 32.1. The van der Waals surface area contributed by atoms with Gasteiger partial charge in [0.1, 0.15) is 11.5 Å². The summed E-state index contributed by atoms with van der Waals surface area (Å²) in [5.74, 6) is 0.235. The number of nitrogens with zero attached hydrogens (tertiary/aromatic N) is 1. The topological polar surface area (TPSA) is 74.3 Å². The highest BCUT2D eigenvalue weighted by molar-refractivity contribution is 7.79. The summed E-state index contributed by atoms with van der Waals surface area (Å²) in [7, 11) is 1.67. The summed E-state index contributed by atoms with van der Waals surface area (Å²) < 4.78 is 23.2. The molecule has 218 valence electrons. The maximum atomic E-state index is 15.0. The highest BCUT2D eigenvalue weighted by Gasteiger charge is 2.68. The van der Waals surface area contributed by atoms with Crippen LogP contribution in [0.25, 0.3) is 0 Å². The first-order chi connectivity index (χ1) is 20.4. The molecule has 0 aromatic heterocycles. The molecular weight excluding hydrogens is 550 g/mol. The van der Waals surface area contributed by atoms with Crippen molar-refractivity contribution >= 4 is 29.3 Å². The number of carbonyl (C=O) groups is 2. The molecule has 6 rings (SSSR count). The van der Waals surface area contributed by atoms with E-state index in [1.54, 1.807) is 26.2 Å². The van der Waals surface area contributed by atoms with Crippen molar-refractivity contribution in [1.82, 2.24) is 4.90 Å². The van der Waals surface area contributed by atoms with Crippen molar-refractivity contribution in [2.75, 3.05) is 13.7 Å². The summed E-state index contributed by atoms with van der Waals surface area (Å²) in [6.45, 7) is 2.13. The number of esters is 1. The first-order valence-corrected chi connectivity index (χ1v) is 15.0. The van der Waals surface area contributed by atoms with Crippen LogP contribution < -0.4 is 9.47 Å². The van der Waals surface area contributed by atoms with E-state index in [1.807, 2.05) is 59.5 Å². The van der Waals surface area contributed by atoms with Gasteiger partial charge in [0.15, 0.2) is 0 Å². The Morgan fingerprint density at radius 2 is 1.76 bits per heavy atom. The Labute approximate surface area is 251 Å². The molecule has 1 saturated heterocycles. The fourth-order valence-corrected chi connectivity index (χ4v) is 7.68. The van der Waals surface area contributed by atoms with E-state index >= 15 is 0 Å². The number of hydrogen-bond acceptors (Lipinski definition) is 7. The van der Waals surface area contributed by atoms with Crippen LogP contribution in [0, 0.1) is 11.8 Å². The third kappa shape index (κ3) is 4.71. The zero-order valence-electron chi connectivity index (χ0n) is 23.9. The molecule has 2 fully saturated rings. The van der Waals surface area contributed by atoms with Crippen molar-refractivity contribution in [3.63, 3.8) is 0 Å². The lowest BCUT2D eigenvalue weighted by atomic mass is 9.52. The normalized spacial score (nSPS) is 26.0. The number of amides is 1. The molecule has 1 heterocycles. The van der Waals surface area contributed by atoms with Gasteiger partial charge in [0, 0.05) is 25.2 Å². The van der Waals surface area contributed by atoms with Crippen LogP contribution in [0.5, 0.6) is 11.5 Å². The molecule has 2 aliphatic carbocycles. The van der Waals surface area contributed by atoms with Gasteiger partial charge in [-0.3, -0.25) is 4.79 Å². The maximum Gasteiger partial charge on any atom is 0.360 e. The zero-order valence-corrected chi connectivity index (χ0v) is 24.7. The molecule has 0 N–H and O–H groups in total. The fourth-order valence-electron chi connectivity index (χ4n) is 7.44. The van der Waals surface area contributed by atoms with E-state index < -0.39 is 23.0 Å². The van der Waals surface area contributed by atoms with Gasteiger partial charge in [-0.2, -0.15) is 0 Å². The number of fused-ring (bicyclic) bond motifs is 1. The van der Waals surface area contributed by atoms with E-state index in [4.69, 9.17) is 31.2 Å². The quantitative estimate of drug-likeness (QED) is 0.192. The largest absolute Gasteiger partial charge is 0.497 e. The molecule has 3 aliphatic rings. The van der Waals surface area contributed by atoms with E-state index in [2.05, 4.69) is 12.1 Å². The molecule has 0 spiro atoms. The van der Waals surface area contributed by atoms with Crippen molar-refractivity contribution in [2.45, 2.75) is 56.7 Å². The number of thiocarbonyl (C=S) groups is 1. The molecule has 3 aromatic carbocycles. The third-order valence-electron chi connectivity index (χ3n) is 9.15. The molecule has 1 saturated carbocycles. The average molecular weight is 586 g/mol. The molecule has 1 aliphatic heterocycles. The van der Waals surface area contributed by atoms with Gasteiger partial charge in [0.2, 0.25) is 0 Å². The second-order valence-electron chi connectivity index (χ2n) is 11.3. The lowest BCUT2D eigenvalue weighted by Crippen LogP contribution is -2.72. The number of rotatable bonds is 7. The number of hydrogen-bond donors (Lipinski definition) is 0. The maximum absolute atomic E-state index is 15.0. The molecular formula is C34H35NO6S. The van der Waals surface area contributed by atoms with Crippen LogP contribution in [0.15, 0.2) is 78.9 Å². The average Bonchev–Trinajstić information content (AvgIpc) is 3.00. The Morgan fingerprint density at radius 1 is 1.02 bits per heavy atom. The van der Waals surface area contributed by atoms with E-state index in [-0.39, 0.29) is 30.1 Å². The van der Waals surface area contributed by atoms with Crippen molar-refractivity contribution in [3.05, 3.63) is 95.6 Å². The van der Waals surface area contributed by atoms with Crippen LogP contribution in [-0.4, -0.2) is 41.3 Å². The molecule has 7 nitrogen and oxygen atoms in total. The fraction of sp³-hybridized carbons (Fsp3) is 0.382. The highest BCUT2D eigenvalue weighted by Crippen LogP contribution is 2.60. The summed E-state index contributed by atoms with van der Waals surface area (Å²) in [5.41, 5.74) is 0.689. The van der Waals surface area contributed by atoms with Gasteiger partial charge >= 0.3 is 11.2 Å². The molecule has 2 bridgehead atoms. The number of carbonyl (C=O) groups excluding carboxylic acids is 2. The van der Waals surface area contributed by atoms with Crippen molar-refractivity contribution in [2.24, 2.45) is 11.8 Å².